The Hall–Kier alpha value is -4.49. The molecule has 10 unspecified atom stereocenters. The van der Waals surface area contributed by atoms with Gasteiger partial charge in [0.25, 0.3) is 0 Å². The monoisotopic (exact) mass is 688 g/mol. The molecule has 48 heavy (non-hydrogen) atoms. The van der Waals surface area contributed by atoms with Gasteiger partial charge in [-0.15, -0.1) is 0 Å². The summed E-state index contributed by atoms with van der Waals surface area (Å²) in [7, 11) is 0. The summed E-state index contributed by atoms with van der Waals surface area (Å²) in [5.41, 5.74) is 28.8. The Morgan fingerprint density at radius 3 is 1.12 bits per heavy atom. The highest BCUT2D eigenvalue weighted by Gasteiger charge is 2.40. The Bertz CT molecular complexity index is 1190. The second kappa shape index (κ2) is 22.1. The second-order valence-corrected chi connectivity index (χ2v) is 11.4. The molecule has 0 fully saturated rings. The molecule has 0 aliphatic carbocycles. The van der Waals surface area contributed by atoms with Gasteiger partial charge in [-0.25, -0.2) is 9.59 Å². The average molecular weight is 689 g/mol. The predicted octanol–water partition coefficient (Wildman–Crippen LogP) is -1.24. The summed E-state index contributed by atoms with van der Waals surface area (Å²) < 4.78 is 4.30. The first-order valence-electron chi connectivity index (χ1n) is 14.4. The molecular formula is C30H52N6O12. The van der Waals surface area contributed by atoms with Gasteiger partial charge in [0.1, 0.15) is 0 Å². The van der Waals surface area contributed by atoms with E-state index in [1.54, 1.807) is 0 Å². The van der Waals surface area contributed by atoms with Crippen molar-refractivity contribution in [3.05, 3.63) is 36.5 Å². The minimum absolute atomic E-state index is 0.164. The number of carboxylic acid groups (broad SMARTS) is 4. The van der Waals surface area contributed by atoms with Gasteiger partial charge in [-0.05, 0) is 41.5 Å². The molecule has 15 N–H and O–H groups in total. The van der Waals surface area contributed by atoms with Crippen molar-refractivity contribution in [3.8, 4) is 0 Å². The fourth-order valence-electron chi connectivity index (χ4n) is 3.68. The van der Waals surface area contributed by atoms with Crippen LogP contribution in [0.25, 0.3) is 0 Å². The van der Waals surface area contributed by atoms with Crippen LogP contribution in [0.4, 0.5) is 0 Å². The van der Waals surface area contributed by atoms with Crippen LogP contribution in [0.5, 0.6) is 0 Å². The number of nitrogens with two attached hydrogens (primary N) is 5. The SMILES string of the molecule is C=C(C)C(=O)NC(C(C)C(=O)O)C(N)C(C(=O)O)C(C)N.C=C(C)C(=O)OC(=O)C(=C)C.CC(N)C(C(=O)O)C(N)C(N)C(C)C(=O)O. The normalized spacial score (nSPS) is 16.7. The molecular weight excluding hydrogens is 636 g/mol. The summed E-state index contributed by atoms with van der Waals surface area (Å²) in [4.78, 5) is 77.1. The lowest BCUT2D eigenvalue weighted by atomic mass is 9.83. The van der Waals surface area contributed by atoms with Crippen molar-refractivity contribution in [3.63, 3.8) is 0 Å². The van der Waals surface area contributed by atoms with E-state index in [9.17, 15) is 38.7 Å². The summed E-state index contributed by atoms with van der Waals surface area (Å²) in [5, 5.41) is 38.4. The van der Waals surface area contributed by atoms with Crippen LogP contribution in [-0.4, -0.2) is 98.4 Å². The van der Waals surface area contributed by atoms with Gasteiger partial charge < -0.3 is 59.1 Å². The van der Waals surface area contributed by atoms with Crippen LogP contribution in [0.3, 0.4) is 0 Å². The third-order valence-electron chi connectivity index (χ3n) is 6.85. The maximum absolute atomic E-state index is 11.7. The van der Waals surface area contributed by atoms with Gasteiger partial charge in [-0.2, -0.15) is 0 Å². The first-order chi connectivity index (χ1) is 21.6. The van der Waals surface area contributed by atoms with Crippen molar-refractivity contribution in [2.24, 2.45) is 52.3 Å². The fraction of sp³-hybridized carbons (Fsp3) is 0.567. The van der Waals surface area contributed by atoms with Gasteiger partial charge in [-0.1, -0.05) is 26.7 Å². The van der Waals surface area contributed by atoms with Crippen molar-refractivity contribution < 1.29 is 58.7 Å². The lowest BCUT2D eigenvalue weighted by molar-refractivity contribution is -0.154. The largest absolute Gasteiger partial charge is 0.481 e. The van der Waals surface area contributed by atoms with Crippen molar-refractivity contribution in [2.75, 3.05) is 0 Å². The molecule has 0 aliphatic heterocycles. The zero-order valence-corrected chi connectivity index (χ0v) is 28.3. The molecule has 0 rings (SSSR count). The quantitative estimate of drug-likeness (QED) is 0.0515. The summed E-state index contributed by atoms with van der Waals surface area (Å²) in [6, 6.07) is -5.69. The van der Waals surface area contributed by atoms with Gasteiger partial charge in [0.05, 0.1) is 29.7 Å². The molecule has 0 aromatic rings. The summed E-state index contributed by atoms with van der Waals surface area (Å²) in [6.45, 7) is 20.1. The Morgan fingerprint density at radius 1 is 0.542 bits per heavy atom. The standard InChI is InChI=1S/C13H23N3O5.C9H19N3O4.C8H10O3/c1-5(2)11(17)16-10(6(3)12(18)19)9(15)8(7(4)14)13(20)21;1-3(8(13)14)6(11)7(12)5(4(2)10)9(15)16;1-5(2)7(9)11-8(10)6(3)4/h6-10H,1,14-15H2,2-4H3,(H,16,17)(H,18,19)(H,20,21);3-7H,10-12H2,1-2H3,(H,13,14)(H,15,16);1,3H2,2,4H3. The molecule has 10 atom stereocenters. The Kier molecular flexibility index (Phi) is 22.1. The summed E-state index contributed by atoms with van der Waals surface area (Å²) in [5.74, 6) is -11.0. The molecule has 0 heterocycles. The van der Waals surface area contributed by atoms with Crippen LogP contribution >= 0.6 is 0 Å². The Balaban J connectivity index is -0.000000666. The van der Waals surface area contributed by atoms with Crippen LogP contribution in [0.15, 0.2) is 36.5 Å². The highest BCUT2D eigenvalue weighted by molar-refractivity contribution is 6.00. The van der Waals surface area contributed by atoms with Crippen LogP contribution in [0.1, 0.15) is 48.5 Å². The number of ether oxygens (including phenoxy) is 1. The van der Waals surface area contributed by atoms with E-state index in [0.717, 1.165) is 0 Å². The minimum Gasteiger partial charge on any atom is -0.481 e. The molecule has 0 radical (unpaired) electrons. The number of amides is 1. The summed E-state index contributed by atoms with van der Waals surface area (Å²) in [6.07, 6.45) is 0. The molecule has 274 valence electrons. The van der Waals surface area contributed by atoms with E-state index >= 15 is 0 Å². The molecule has 1 amide bonds. The molecule has 0 saturated heterocycles. The minimum atomic E-state index is -1.25. The van der Waals surface area contributed by atoms with Crippen LogP contribution < -0.4 is 34.0 Å². The van der Waals surface area contributed by atoms with E-state index in [-0.39, 0.29) is 16.7 Å². The number of carboxylic acids is 4. The molecule has 0 aromatic heterocycles. The number of carbonyl (C=O) groups is 7. The van der Waals surface area contributed by atoms with E-state index in [1.165, 1.54) is 48.5 Å². The fourth-order valence-corrected chi connectivity index (χ4v) is 3.68. The van der Waals surface area contributed by atoms with Gasteiger partial charge in [0.2, 0.25) is 5.91 Å². The van der Waals surface area contributed by atoms with Gasteiger partial charge in [0.15, 0.2) is 0 Å². The number of hydrogen-bond acceptors (Lipinski definition) is 13. The maximum Gasteiger partial charge on any atom is 0.340 e. The number of hydrogen-bond donors (Lipinski definition) is 10. The van der Waals surface area contributed by atoms with E-state index in [1.807, 2.05) is 0 Å². The first kappa shape index (κ1) is 47.9. The van der Waals surface area contributed by atoms with Gasteiger partial charge in [0, 0.05) is 46.9 Å². The number of esters is 2. The first-order valence-corrected chi connectivity index (χ1v) is 14.4. The number of aliphatic carboxylic acids is 4. The molecule has 0 aliphatic rings. The third-order valence-corrected chi connectivity index (χ3v) is 6.85. The van der Waals surface area contributed by atoms with E-state index in [2.05, 4.69) is 29.8 Å². The van der Waals surface area contributed by atoms with E-state index in [0.29, 0.717) is 0 Å². The topological polar surface area (TPSA) is 352 Å². The number of carbonyl (C=O) groups excluding carboxylic acids is 3. The van der Waals surface area contributed by atoms with E-state index < -0.39 is 102 Å². The van der Waals surface area contributed by atoms with Crippen molar-refractivity contribution in [2.45, 2.75) is 84.7 Å². The third kappa shape index (κ3) is 16.9. The molecule has 0 aromatic carbocycles. The second-order valence-electron chi connectivity index (χ2n) is 11.4. The Labute approximate surface area is 279 Å². The van der Waals surface area contributed by atoms with Crippen LogP contribution in [0, 0.1) is 23.7 Å². The van der Waals surface area contributed by atoms with Crippen LogP contribution in [0.2, 0.25) is 0 Å². The zero-order valence-electron chi connectivity index (χ0n) is 28.3. The molecule has 18 heteroatoms. The predicted molar refractivity (Wildman–Crippen MR) is 175 cm³/mol. The van der Waals surface area contributed by atoms with Crippen molar-refractivity contribution >= 4 is 41.7 Å². The van der Waals surface area contributed by atoms with Crippen LogP contribution in [-0.2, 0) is 38.3 Å². The van der Waals surface area contributed by atoms with E-state index in [4.69, 9.17) is 44.0 Å². The summed E-state index contributed by atoms with van der Waals surface area (Å²) >= 11 is 0. The smallest absolute Gasteiger partial charge is 0.340 e. The van der Waals surface area contributed by atoms with Gasteiger partial charge in [-0.3, -0.25) is 24.0 Å². The highest BCUT2D eigenvalue weighted by atomic mass is 16.6. The number of nitrogens with one attached hydrogen (secondary N) is 1. The zero-order chi connectivity index (χ0) is 39.0. The molecule has 18 nitrogen and oxygen atoms in total. The molecule has 0 spiro atoms. The lowest BCUT2D eigenvalue weighted by Crippen LogP contribution is -2.60. The lowest BCUT2D eigenvalue weighted by Gasteiger charge is -2.33. The number of rotatable bonds is 16. The maximum atomic E-state index is 11.7. The molecule has 0 bridgehead atoms. The highest BCUT2D eigenvalue weighted by Crippen LogP contribution is 2.17. The van der Waals surface area contributed by atoms with Crippen molar-refractivity contribution in [1.82, 2.24) is 5.32 Å². The average Bonchev–Trinajstić information content (AvgIpc) is 2.93. The molecule has 0 saturated carbocycles. The van der Waals surface area contributed by atoms with Gasteiger partial charge >= 0.3 is 35.8 Å². The van der Waals surface area contributed by atoms with Crippen molar-refractivity contribution in [1.29, 1.82) is 0 Å². The Morgan fingerprint density at radius 2 is 0.875 bits per heavy atom.